The summed E-state index contributed by atoms with van der Waals surface area (Å²) in [5, 5.41) is 0. The molecule has 2 atom stereocenters. The van der Waals surface area contributed by atoms with Crippen LogP contribution in [0.15, 0.2) is 25.3 Å². The van der Waals surface area contributed by atoms with E-state index in [1.807, 2.05) is 0 Å². The van der Waals surface area contributed by atoms with Crippen molar-refractivity contribution in [2.24, 2.45) is 5.92 Å². The molecule has 0 spiro atoms. The number of allylic oxidation sites excluding steroid dienone is 1. The average Bonchev–Trinajstić information content (AvgIpc) is 2.55. The highest BCUT2D eigenvalue weighted by atomic mass is 28.4. The molecule has 0 aliphatic heterocycles. The maximum absolute atomic E-state index is 7.14. The van der Waals surface area contributed by atoms with Gasteiger partial charge in [0.05, 0.1) is 5.60 Å². The van der Waals surface area contributed by atoms with Crippen molar-refractivity contribution in [1.82, 2.24) is 0 Å². The molecule has 0 unspecified atom stereocenters. The highest BCUT2D eigenvalue weighted by molar-refractivity contribution is 6.73. The lowest BCUT2D eigenvalue weighted by atomic mass is 9.71. The standard InChI is InChI=1S/C20H38OSi/c1-6-11-12-15-19-16-13-14-18-20(19,17-7-2)21-22(8-3,9-4)10-5/h6-7,19H,1-2,8-18H2,3-5H3/t19-,20+/m1/s1. The number of rotatable bonds is 11. The molecule has 0 aromatic heterocycles. The maximum atomic E-state index is 7.14. The normalized spacial score (nSPS) is 25.9. The van der Waals surface area contributed by atoms with E-state index in [0.717, 1.165) is 18.8 Å². The van der Waals surface area contributed by atoms with Crippen LogP contribution in [0.4, 0.5) is 0 Å². The molecule has 22 heavy (non-hydrogen) atoms. The average molecular weight is 323 g/mol. The van der Waals surface area contributed by atoms with Crippen LogP contribution in [0.25, 0.3) is 0 Å². The third-order valence-electron chi connectivity index (χ3n) is 5.95. The first-order chi connectivity index (χ1) is 10.6. The second kappa shape index (κ2) is 9.72. The van der Waals surface area contributed by atoms with E-state index in [-0.39, 0.29) is 5.60 Å². The van der Waals surface area contributed by atoms with E-state index in [4.69, 9.17) is 4.43 Å². The highest BCUT2D eigenvalue weighted by Gasteiger charge is 2.45. The van der Waals surface area contributed by atoms with Gasteiger partial charge in [-0.1, -0.05) is 45.8 Å². The Morgan fingerprint density at radius 3 is 2.32 bits per heavy atom. The van der Waals surface area contributed by atoms with Gasteiger partial charge in [-0.15, -0.1) is 13.2 Å². The zero-order valence-electron chi connectivity index (χ0n) is 15.3. The summed E-state index contributed by atoms with van der Waals surface area (Å²) in [5.41, 5.74) is 0.0927. The van der Waals surface area contributed by atoms with Gasteiger partial charge in [0.2, 0.25) is 0 Å². The Morgan fingerprint density at radius 2 is 1.77 bits per heavy atom. The van der Waals surface area contributed by atoms with Crippen molar-refractivity contribution in [2.75, 3.05) is 0 Å². The van der Waals surface area contributed by atoms with Crippen molar-refractivity contribution in [3.05, 3.63) is 25.3 Å². The lowest BCUT2D eigenvalue weighted by Crippen LogP contribution is -2.52. The Balaban J connectivity index is 2.96. The first-order valence-corrected chi connectivity index (χ1v) is 12.1. The summed E-state index contributed by atoms with van der Waals surface area (Å²) in [5.74, 6) is 0.718. The molecule has 1 aliphatic rings. The molecule has 0 aromatic carbocycles. The summed E-state index contributed by atoms with van der Waals surface area (Å²) in [7, 11) is -1.57. The van der Waals surface area contributed by atoms with Gasteiger partial charge in [-0.25, -0.2) is 0 Å². The molecule has 1 saturated carbocycles. The summed E-state index contributed by atoms with van der Waals surface area (Å²) in [4.78, 5) is 0. The van der Waals surface area contributed by atoms with Crippen LogP contribution in [-0.4, -0.2) is 13.9 Å². The van der Waals surface area contributed by atoms with Gasteiger partial charge in [0.15, 0.2) is 8.32 Å². The van der Waals surface area contributed by atoms with Crippen LogP contribution < -0.4 is 0 Å². The predicted octanol–water partition coefficient (Wildman–Crippen LogP) is 6.87. The zero-order chi connectivity index (χ0) is 16.5. The van der Waals surface area contributed by atoms with Crippen LogP contribution in [-0.2, 0) is 4.43 Å². The van der Waals surface area contributed by atoms with Crippen molar-refractivity contribution in [2.45, 2.75) is 95.9 Å². The Kier molecular flexibility index (Phi) is 8.70. The Bertz CT molecular complexity index is 326. The van der Waals surface area contributed by atoms with Crippen molar-refractivity contribution >= 4 is 8.32 Å². The number of hydrogen-bond donors (Lipinski definition) is 0. The van der Waals surface area contributed by atoms with Crippen molar-refractivity contribution in [3.8, 4) is 0 Å². The topological polar surface area (TPSA) is 9.23 Å². The minimum atomic E-state index is -1.57. The summed E-state index contributed by atoms with van der Waals surface area (Å²) >= 11 is 0. The molecule has 0 radical (unpaired) electrons. The smallest absolute Gasteiger partial charge is 0.192 e. The monoisotopic (exact) mass is 322 g/mol. The van der Waals surface area contributed by atoms with E-state index >= 15 is 0 Å². The van der Waals surface area contributed by atoms with E-state index in [0.29, 0.717) is 0 Å². The Hall–Kier alpha value is -0.343. The largest absolute Gasteiger partial charge is 0.411 e. The summed E-state index contributed by atoms with van der Waals surface area (Å²) in [6.07, 6.45) is 14.2. The Labute approximate surface area is 140 Å². The SMILES string of the molecule is C=CCCC[C@@H]1CCCC[C@]1(CC=C)O[Si](CC)(CC)CC. The molecule has 2 heteroatoms. The summed E-state index contributed by atoms with van der Waals surface area (Å²) in [6, 6.07) is 3.74. The second-order valence-electron chi connectivity index (χ2n) is 7.07. The second-order valence-corrected chi connectivity index (χ2v) is 11.8. The van der Waals surface area contributed by atoms with Gasteiger partial charge in [0.1, 0.15) is 0 Å². The molecular weight excluding hydrogens is 284 g/mol. The highest BCUT2D eigenvalue weighted by Crippen LogP contribution is 2.45. The van der Waals surface area contributed by atoms with Gasteiger partial charge < -0.3 is 4.43 Å². The molecule has 0 saturated heterocycles. The third-order valence-corrected chi connectivity index (χ3v) is 10.7. The van der Waals surface area contributed by atoms with E-state index in [2.05, 4.69) is 46.1 Å². The van der Waals surface area contributed by atoms with Gasteiger partial charge in [0, 0.05) is 0 Å². The molecule has 0 heterocycles. The van der Waals surface area contributed by atoms with Crippen molar-refractivity contribution in [3.63, 3.8) is 0 Å². The summed E-state index contributed by atoms with van der Waals surface area (Å²) < 4.78 is 7.14. The fourth-order valence-corrected chi connectivity index (χ4v) is 7.43. The van der Waals surface area contributed by atoms with E-state index < -0.39 is 8.32 Å². The lowest BCUT2D eigenvalue weighted by molar-refractivity contribution is -0.0355. The molecular formula is C20H38OSi. The molecule has 1 rings (SSSR count). The van der Waals surface area contributed by atoms with E-state index in [1.54, 1.807) is 0 Å². The van der Waals surface area contributed by atoms with Gasteiger partial charge in [-0.2, -0.15) is 0 Å². The first-order valence-electron chi connectivity index (χ1n) is 9.54. The molecule has 0 aromatic rings. The van der Waals surface area contributed by atoms with E-state index in [1.165, 1.54) is 56.7 Å². The van der Waals surface area contributed by atoms with Crippen LogP contribution in [0.1, 0.15) is 72.1 Å². The van der Waals surface area contributed by atoms with Gasteiger partial charge in [0.25, 0.3) is 0 Å². The minimum Gasteiger partial charge on any atom is -0.411 e. The predicted molar refractivity (Wildman–Crippen MR) is 102 cm³/mol. The molecule has 0 amide bonds. The van der Waals surface area contributed by atoms with Gasteiger partial charge in [-0.05, 0) is 62.6 Å². The molecule has 1 nitrogen and oxygen atoms in total. The molecule has 0 bridgehead atoms. The van der Waals surface area contributed by atoms with Gasteiger partial charge >= 0.3 is 0 Å². The van der Waals surface area contributed by atoms with E-state index in [9.17, 15) is 0 Å². The first kappa shape index (κ1) is 19.7. The molecule has 1 aliphatic carbocycles. The van der Waals surface area contributed by atoms with Crippen LogP contribution in [0, 0.1) is 5.92 Å². The summed E-state index contributed by atoms with van der Waals surface area (Å²) in [6.45, 7) is 15.0. The van der Waals surface area contributed by atoms with Gasteiger partial charge in [-0.3, -0.25) is 0 Å². The van der Waals surface area contributed by atoms with Crippen LogP contribution in [0.3, 0.4) is 0 Å². The zero-order valence-corrected chi connectivity index (χ0v) is 16.3. The van der Waals surface area contributed by atoms with Crippen LogP contribution >= 0.6 is 0 Å². The maximum Gasteiger partial charge on any atom is 0.192 e. The fourth-order valence-electron chi connectivity index (χ4n) is 4.28. The third kappa shape index (κ3) is 4.83. The minimum absolute atomic E-state index is 0.0927. The molecule has 1 fully saturated rings. The molecule has 128 valence electrons. The van der Waals surface area contributed by atoms with Crippen LogP contribution in [0.2, 0.25) is 18.1 Å². The number of unbranched alkanes of at least 4 members (excludes halogenated alkanes) is 1. The Morgan fingerprint density at radius 1 is 1.09 bits per heavy atom. The number of hydrogen-bond acceptors (Lipinski definition) is 1. The van der Waals surface area contributed by atoms with Crippen molar-refractivity contribution in [1.29, 1.82) is 0 Å². The lowest BCUT2D eigenvalue weighted by Gasteiger charge is -2.49. The molecule has 0 N–H and O–H groups in total. The quantitative estimate of drug-likeness (QED) is 0.229. The van der Waals surface area contributed by atoms with Crippen LogP contribution in [0.5, 0.6) is 0 Å². The fraction of sp³-hybridized carbons (Fsp3) is 0.800. The van der Waals surface area contributed by atoms with Crippen molar-refractivity contribution < 1.29 is 4.43 Å².